The zero-order valence-electron chi connectivity index (χ0n) is 7.95. The molecular weight excluding hydrogens is 212 g/mol. The van der Waals surface area contributed by atoms with Crippen LogP contribution in [0.25, 0.3) is 5.82 Å². The van der Waals surface area contributed by atoms with E-state index in [4.69, 9.17) is 18.0 Å². The van der Waals surface area contributed by atoms with E-state index in [1.807, 2.05) is 13.0 Å². The molecule has 0 aliphatic carbocycles. The molecule has 0 aromatic carbocycles. The normalized spacial score (nSPS) is 10.2. The number of aryl methyl sites for hydroxylation is 1. The molecule has 0 aliphatic heterocycles. The van der Waals surface area contributed by atoms with Gasteiger partial charge in [-0.2, -0.15) is 5.10 Å². The summed E-state index contributed by atoms with van der Waals surface area (Å²) >= 11 is 4.75. The molecule has 2 aromatic rings. The van der Waals surface area contributed by atoms with E-state index >= 15 is 0 Å². The third-order valence-corrected chi connectivity index (χ3v) is 1.91. The standard InChI is InChI=1S/C8H8N6S/c1-5-2-6(12-11-3-5)14-4-10-8(13-14)7(9)15/h2-4H,1H3,(H2,9,15). The van der Waals surface area contributed by atoms with Crippen LogP contribution in [0.2, 0.25) is 0 Å². The smallest absolute Gasteiger partial charge is 0.208 e. The Balaban J connectivity index is 2.41. The van der Waals surface area contributed by atoms with Crippen LogP contribution >= 0.6 is 12.2 Å². The molecule has 0 aliphatic rings. The van der Waals surface area contributed by atoms with E-state index in [1.54, 1.807) is 6.20 Å². The fourth-order valence-electron chi connectivity index (χ4n) is 1.05. The average molecular weight is 220 g/mol. The molecule has 2 aromatic heterocycles. The summed E-state index contributed by atoms with van der Waals surface area (Å²) in [4.78, 5) is 4.10. The van der Waals surface area contributed by atoms with Gasteiger partial charge in [0, 0.05) is 0 Å². The predicted molar refractivity (Wildman–Crippen MR) is 57.6 cm³/mol. The van der Waals surface area contributed by atoms with E-state index in [9.17, 15) is 0 Å². The lowest BCUT2D eigenvalue weighted by atomic mass is 10.3. The molecule has 0 amide bonds. The highest BCUT2D eigenvalue weighted by molar-refractivity contribution is 7.80. The molecule has 0 radical (unpaired) electrons. The van der Waals surface area contributed by atoms with Gasteiger partial charge in [0.25, 0.3) is 0 Å². The van der Waals surface area contributed by atoms with E-state index < -0.39 is 0 Å². The highest BCUT2D eigenvalue weighted by Crippen LogP contribution is 2.03. The highest BCUT2D eigenvalue weighted by atomic mass is 32.1. The molecule has 0 atom stereocenters. The minimum absolute atomic E-state index is 0.161. The van der Waals surface area contributed by atoms with Crippen molar-refractivity contribution >= 4 is 17.2 Å². The van der Waals surface area contributed by atoms with Crippen LogP contribution in [0.15, 0.2) is 18.6 Å². The molecule has 2 N–H and O–H groups in total. The van der Waals surface area contributed by atoms with Gasteiger partial charge in [0.15, 0.2) is 5.82 Å². The summed E-state index contributed by atoms with van der Waals surface area (Å²) in [7, 11) is 0. The highest BCUT2D eigenvalue weighted by Gasteiger charge is 2.05. The molecule has 0 fully saturated rings. The minimum atomic E-state index is 0.161. The fraction of sp³-hybridized carbons (Fsp3) is 0.125. The van der Waals surface area contributed by atoms with Gasteiger partial charge in [-0.3, -0.25) is 0 Å². The zero-order valence-corrected chi connectivity index (χ0v) is 8.77. The van der Waals surface area contributed by atoms with Crippen LogP contribution in [0.1, 0.15) is 11.4 Å². The van der Waals surface area contributed by atoms with E-state index in [2.05, 4.69) is 20.3 Å². The van der Waals surface area contributed by atoms with E-state index in [0.717, 1.165) is 5.56 Å². The van der Waals surface area contributed by atoms with Gasteiger partial charge in [-0.1, -0.05) is 12.2 Å². The average Bonchev–Trinajstić information content (AvgIpc) is 2.66. The molecule has 0 unspecified atom stereocenters. The first-order valence-electron chi connectivity index (χ1n) is 4.18. The van der Waals surface area contributed by atoms with Crippen LogP contribution < -0.4 is 5.73 Å². The van der Waals surface area contributed by atoms with Crippen LogP contribution in [0, 0.1) is 6.92 Å². The third-order valence-electron chi connectivity index (χ3n) is 1.73. The van der Waals surface area contributed by atoms with Crippen molar-refractivity contribution in [3.05, 3.63) is 30.0 Å². The number of nitrogens with two attached hydrogens (primary N) is 1. The van der Waals surface area contributed by atoms with Gasteiger partial charge in [-0.05, 0) is 18.6 Å². The number of aromatic nitrogens is 5. The molecule has 6 nitrogen and oxygen atoms in total. The number of hydrogen-bond acceptors (Lipinski definition) is 5. The van der Waals surface area contributed by atoms with Crippen molar-refractivity contribution in [2.75, 3.05) is 0 Å². The van der Waals surface area contributed by atoms with Crippen LogP contribution in [0.4, 0.5) is 0 Å². The van der Waals surface area contributed by atoms with Gasteiger partial charge in [-0.15, -0.1) is 10.2 Å². The van der Waals surface area contributed by atoms with Gasteiger partial charge >= 0.3 is 0 Å². The minimum Gasteiger partial charge on any atom is -0.387 e. The molecule has 7 heteroatoms. The zero-order chi connectivity index (χ0) is 10.8. The second kappa shape index (κ2) is 3.70. The predicted octanol–water partition coefficient (Wildman–Crippen LogP) is -0.0000800. The van der Waals surface area contributed by atoms with Crippen molar-refractivity contribution in [3.63, 3.8) is 0 Å². The maximum absolute atomic E-state index is 5.39. The maximum atomic E-state index is 5.39. The SMILES string of the molecule is Cc1cnnc(-n2cnc(C(N)=S)n2)c1. The first kappa shape index (κ1) is 9.66. The Bertz CT molecular complexity index is 505. The van der Waals surface area contributed by atoms with E-state index in [-0.39, 0.29) is 4.99 Å². The molecule has 76 valence electrons. The van der Waals surface area contributed by atoms with Crippen molar-refractivity contribution < 1.29 is 0 Å². The van der Waals surface area contributed by atoms with Crippen molar-refractivity contribution in [1.29, 1.82) is 0 Å². The van der Waals surface area contributed by atoms with Crippen molar-refractivity contribution in [2.24, 2.45) is 5.73 Å². The third kappa shape index (κ3) is 1.96. The van der Waals surface area contributed by atoms with Gasteiger partial charge < -0.3 is 5.73 Å². The first-order valence-corrected chi connectivity index (χ1v) is 4.59. The van der Waals surface area contributed by atoms with Crippen LogP contribution in [0.3, 0.4) is 0 Å². The van der Waals surface area contributed by atoms with Crippen molar-refractivity contribution in [2.45, 2.75) is 6.92 Å². The Morgan fingerprint density at radius 3 is 2.93 bits per heavy atom. The molecule has 0 saturated carbocycles. The Kier molecular flexibility index (Phi) is 2.38. The Labute approximate surface area is 91.2 Å². The Morgan fingerprint density at radius 2 is 2.33 bits per heavy atom. The lowest BCUT2D eigenvalue weighted by molar-refractivity contribution is 0.807. The Morgan fingerprint density at radius 1 is 1.53 bits per heavy atom. The van der Waals surface area contributed by atoms with Crippen LogP contribution in [0.5, 0.6) is 0 Å². The molecule has 0 bridgehead atoms. The quantitative estimate of drug-likeness (QED) is 0.717. The fourth-order valence-corrected chi connectivity index (χ4v) is 1.14. The lowest BCUT2D eigenvalue weighted by Crippen LogP contribution is -2.12. The monoisotopic (exact) mass is 220 g/mol. The second-order valence-electron chi connectivity index (χ2n) is 2.97. The van der Waals surface area contributed by atoms with Crippen molar-refractivity contribution in [3.8, 4) is 5.82 Å². The van der Waals surface area contributed by atoms with Gasteiger partial charge in [0.1, 0.15) is 11.3 Å². The lowest BCUT2D eigenvalue weighted by Gasteiger charge is -1.97. The summed E-state index contributed by atoms with van der Waals surface area (Å²) in [6.45, 7) is 1.92. The van der Waals surface area contributed by atoms with Gasteiger partial charge in [-0.25, -0.2) is 9.67 Å². The summed E-state index contributed by atoms with van der Waals surface area (Å²) in [6, 6.07) is 1.84. The molecule has 2 heterocycles. The summed E-state index contributed by atoms with van der Waals surface area (Å²) in [5.74, 6) is 0.915. The summed E-state index contributed by atoms with van der Waals surface area (Å²) < 4.78 is 1.48. The summed E-state index contributed by atoms with van der Waals surface area (Å²) in [6.07, 6.45) is 3.16. The van der Waals surface area contributed by atoms with Gasteiger partial charge in [0.05, 0.1) is 6.20 Å². The number of rotatable bonds is 2. The molecule has 0 spiro atoms. The Hall–Kier alpha value is -1.89. The molecular formula is C8H8N6S. The molecule has 15 heavy (non-hydrogen) atoms. The largest absolute Gasteiger partial charge is 0.387 e. The van der Waals surface area contributed by atoms with Crippen molar-refractivity contribution in [1.82, 2.24) is 25.0 Å². The topological polar surface area (TPSA) is 82.5 Å². The number of nitrogens with zero attached hydrogens (tertiary/aromatic N) is 5. The molecule has 0 saturated heterocycles. The maximum Gasteiger partial charge on any atom is 0.208 e. The first-order chi connectivity index (χ1) is 7.16. The van der Waals surface area contributed by atoms with E-state index in [1.165, 1.54) is 11.0 Å². The van der Waals surface area contributed by atoms with Crippen LogP contribution in [-0.4, -0.2) is 30.0 Å². The molecule has 2 rings (SSSR count). The number of thiocarbonyl (C=S) groups is 1. The summed E-state index contributed by atoms with van der Waals surface area (Å²) in [5, 5.41) is 11.8. The van der Waals surface area contributed by atoms with E-state index in [0.29, 0.717) is 11.6 Å². The second-order valence-corrected chi connectivity index (χ2v) is 3.41. The summed E-state index contributed by atoms with van der Waals surface area (Å²) in [5.41, 5.74) is 6.39. The van der Waals surface area contributed by atoms with Crippen LogP contribution in [-0.2, 0) is 0 Å². The number of hydrogen-bond donors (Lipinski definition) is 1. The van der Waals surface area contributed by atoms with Gasteiger partial charge in [0.2, 0.25) is 5.82 Å².